The van der Waals surface area contributed by atoms with Crippen LogP contribution in [0.1, 0.15) is 11.1 Å². The molecule has 16 heavy (non-hydrogen) atoms. The van der Waals surface area contributed by atoms with Crippen LogP contribution in [-0.2, 0) is 0 Å². The molecule has 2 aromatic carbocycles. The molecule has 0 unspecified atom stereocenters. The van der Waals surface area contributed by atoms with Gasteiger partial charge in [-0.05, 0) is 24.1 Å². The van der Waals surface area contributed by atoms with Gasteiger partial charge in [-0.25, -0.2) is 0 Å². The second kappa shape index (κ2) is 5.28. The van der Waals surface area contributed by atoms with Gasteiger partial charge < -0.3 is 0 Å². The zero-order valence-corrected chi connectivity index (χ0v) is 10.6. The fourth-order valence-corrected chi connectivity index (χ4v) is 2.64. The second-order valence-corrected chi connectivity index (χ2v) is 5.24. The molecule has 0 radical (unpaired) electrons. The summed E-state index contributed by atoms with van der Waals surface area (Å²) in [5.41, 5.74) is 2.39. The summed E-state index contributed by atoms with van der Waals surface area (Å²) in [7, 11) is 0. The minimum Gasteiger partial charge on any atom is -0.0774 e. The van der Waals surface area contributed by atoms with Crippen molar-refractivity contribution in [1.29, 1.82) is 0 Å². The maximum absolute atomic E-state index is 5.43. The molecule has 0 amide bonds. The van der Waals surface area contributed by atoms with E-state index in [2.05, 4.69) is 19.1 Å². The smallest absolute Gasteiger partial charge is 0.0774 e. The molecule has 0 bridgehead atoms. The van der Waals surface area contributed by atoms with Crippen molar-refractivity contribution in [3.8, 4) is 0 Å². The number of aryl methyl sites for hydroxylation is 1. The summed E-state index contributed by atoms with van der Waals surface area (Å²) in [5.74, 6) is 0. The highest BCUT2D eigenvalue weighted by molar-refractivity contribution is 8.23. The van der Waals surface area contributed by atoms with Crippen LogP contribution in [0.25, 0.3) is 0 Å². The lowest BCUT2D eigenvalue weighted by Gasteiger charge is -2.06. The van der Waals surface area contributed by atoms with Crippen LogP contribution in [-0.4, -0.2) is 4.20 Å². The van der Waals surface area contributed by atoms with E-state index in [0.29, 0.717) is 0 Å². The molecule has 0 spiro atoms. The third-order valence-corrected chi connectivity index (χ3v) is 3.89. The molecule has 0 saturated carbocycles. The standard InChI is InChI=1S/C14H12S2/c1-11-7-5-6-10-13(11)16-14(15)12-8-3-2-4-9-12/h2-10H,1H3. The summed E-state index contributed by atoms with van der Waals surface area (Å²) in [6.07, 6.45) is 0. The highest BCUT2D eigenvalue weighted by atomic mass is 32.2. The van der Waals surface area contributed by atoms with E-state index in [0.717, 1.165) is 9.76 Å². The number of rotatable bonds is 2. The van der Waals surface area contributed by atoms with E-state index in [9.17, 15) is 0 Å². The van der Waals surface area contributed by atoms with Crippen molar-refractivity contribution in [2.45, 2.75) is 11.8 Å². The molecular formula is C14H12S2. The Bertz CT molecular complexity index is 489. The normalized spacial score (nSPS) is 10.1. The van der Waals surface area contributed by atoms with Crippen molar-refractivity contribution < 1.29 is 0 Å². The van der Waals surface area contributed by atoms with Crippen LogP contribution < -0.4 is 0 Å². The summed E-state index contributed by atoms with van der Waals surface area (Å²) >= 11 is 7.08. The molecule has 0 atom stereocenters. The second-order valence-electron chi connectivity index (χ2n) is 3.52. The summed E-state index contributed by atoms with van der Waals surface area (Å²) in [6.45, 7) is 2.11. The summed E-state index contributed by atoms with van der Waals surface area (Å²) in [6, 6.07) is 18.4. The molecule has 0 saturated heterocycles. The number of hydrogen-bond donors (Lipinski definition) is 0. The van der Waals surface area contributed by atoms with Crippen LogP contribution in [0.2, 0.25) is 0 Å². The quantitative estimate of drug-likeness (QED) is 0.565. The summed E-state index contributed by atoms with van der Waals surface area (Å²) in [4.78, 5) is 1.23. The monoisotopic (exact) mass is 244 g/mol. The fraction of sp³-hybridized carbons (Fsp3) is 0.0714. The molecule has 2 aromatic rings. The Labute approximate surface area is 106 Å². The van der Waals surface area contributed by atoms with Gasteiger partial charge in [0.2, 0.25) is 0 Å². The van der Waals surface area contributed by atoms with E-state index in [1.54, 1.807) is 11.8 Å². The zero-order chi connectivity index (χ0) is 11.4. The topological polar surface area (TPSA) is 0 Å². The lowest BCUT2D eigenvalue weighted by Crippen LogP contribution is -1.91. The van der Waals surface area contributed by atoms with Gasteiger partial charge in [-0.1, -0.05) is 72.5 Å². The first-order valence-corrected chi connectivity index (χ1v) is 6.33. The maximum Gasteiger partial charge on any atom is 0.0826 e. The number of thiocarbonyl (C=S) groups is 1. The van der Waals surface area contributed by atoms with Crippen LogP contribution in [0, 0.1) is 6.92 Å². The van der Waals surface area contributed by atoms with Gasteiger partial charge in [0.1, 0.15) is 0 Å². The molecule has 0 aliphatic carbocycles. The summed E-state index contributed by atoms with van der Waals surface area (Å²) < 4.78 is 0.926. The molecule has 0 nitrogen and oxygen atoms in total. The van der Waals surface area contributed by atoms with E-state index >= 15 is 0 Å². The first-order valence-electron chi connectivity index (χ1n) is 5.10. The van der Waals surface area contributed by atoms with E-state index in [1.807, 2.05) is 42.5 Å². The van der Waals surface area contributed by atoms with Gasteiger partial charge in [-0.2, -0.15) is 0 Å². The van der Waals surface area contributed by atoms with Crippen molar-refractivity contribution in [1.82, 2.24) is 0 Å². The third kappa shape index (κ3) is 2.71. The molecule has 0 heterocycles. The van der Waals surface area contributed by atoms with Crippen molar-refractivity contribution in [2.24, 2.45) is 0 Å². The van der Waals surface area contributed by atoms with Gasteiger partial charge in [0.15, 0.2) is 0 Å². The molecule has 0 aliphatic heterocycles. The Morgan fingerprint density at radius 3 is 2.25 bits per heavy atom. The van der Waals surface area contributed by atoms with Crippen molar-refractivity contribution in [2.75, 3.05) is 0 Å². The molecule has 0 aromatic heterocycles. The van der Waals surface area contributed by atoms with Gasteiger partial charge in [0.25, 0.3) is 0 Å². The largest absolute Gasteiger partial charge is 0.0826 e. The van der Waals surface area contributed by atoms with E-state index < -0.39 is 0 Å². The third-order valence-electron chi connectivity index (χ3n) is 2.31. The number of benzene rings is 2. The molecule has 0 aliphatic rings. The average Bonchev–Trinajstić information content (AvgIpc) is 2.33. The van der Waals surface area contributed by atoms with Crippen molar-refractivity contribution >= 4 is 28.2 Å². The van der Waals surface area contributed by atoms with Crippen molar-refractivity contribution in [3.63, 3.8) is 0 Å². The van der Waals surface area contributed by atoms with Crippen LogP contribution in [0.15, 0.2) is 59.5 Å². The van der Waals surface area contributed by atoms with Crippen LogP contribution >= 0.6 is 24.0 Å². The van der Waals surface area contributed by atoms with Crippen LogP contribution in [0.3, 0.4) is 0 Å². The Morgan fingerprint density at radius 1 is 0.938 bits per heavy atom. The highest BCUT2D eigenvalue weighted by Gasteiger charge is 2.04. The van der Waals surface area contributed by atoms with Crippen LogP contribution in [0.5, 0.6) is 0 Å². The van der Waals surface area contributed by atoms with Gasteiger partial charge in [0, 0.05) is 4.90 Å². The minimum absolute atomic E-state index is 0.926. The Kier molecular flexibility index (Phi) is 3.75. The van der Waals surface area contributed by atoms with Gasteiger partial charge in [0.05, 0.1) is 4.20 Å². The predicted octanol–water partition coefficient (Wildman–Crippen LogP) is 4.46. The van der Waals surface area contributed by atoms with E-state index in [1.165, 1.54) is 10.5 Å². The first kappa shape index (κ1) is 11.4. The van der Waals surface area contributed by atoms with Gasteiger partial charge >= 0.3 is 0 Å². The lowest BCUT2D eigenvalue weighted by atomic mass is 10.2. The van der Waals surface area contributed by atoms with E-state index in [4.69, 9.17) is 12.2 Å². The fourth-order valence-electron chi connectivity index (χ4n) is 1.40. The van der Waals surface area contributed by atoms with Crippen LogP contribution in [0.4, 0.5) is 0 Å². The number of thioether (sulfide) groups is 1. The van der Waals surface area contributed by atoms with E-state index in [-0.39, 0.29) is 0 Å². The SMILES string of the molecule is Cc1ccccc1SC(=S)c1ccccc1. The Morgan fingerprint density at radius 2 is 1.56 bits per heavy atom. The molecule has 80 valence electrons. The van der Waals surface area contributed by atoms with Gasteiger partial charge in [-0.15, -0.1) is 0 Å². The van der Waals surface area contributed by atoms with Gasteiger partial charge in [-0.3, -0.25) is 0 Å². The molecule has 0 N–H and O–H groups in total. The summed E-state index contributed by atoms with van der Waals surface area (Å²) in [5, 5.41) is 0. The lowest BCUT2D eigenvalue weighted by molar-refractivity contribution is 1.31. The van der Waals surface area contributed by atoms with Crippen molar-refractivity contribution in [3.05, 3.63) is 65.7 Å². The molecular weight excluding hydrogens is 232 g/mol. The molecule has 2 rings (SSSR count). The molecule has 2 heteroatoms. The Hall–Kier alpha value is -1.12. The predicted molar refractivity (Wildman–Crippen MR) is 75.2 cm³/mol. The maximum atomic E-state index is 5.43. The average molecular weight is 244 g/mol. The number of hydrogen-bond acceptors (Lipinski definition) is 2. The Balaban J connectivity index is 2.18. The zero-order valence-electron chi connectivity index (χ0n) is 9.01. The highest BCUT2D eigenvalue weighted by Crippen LogP contribution is 2.26. The minimum atomic E-state index is 0.926. The first-order chi connectivity index (χ1) is 7.77. The molecule has 0 fully saturated rings.